The molecule has 88 valence electrons. The molecule has 0 saturated heterocycles. The number of ether oxygens (including phenoxy) is 1. The van der Waals surface area contributed by atoms with Gasteiger partial charge in [-0.25, -0.2) is 9.18 Å². The summed E-state index contributed by atoms with van der Waals surface area (Å²) in [7, 11) is 0. The number of halogens is 2. The molecule has 3 nitrogen and oxygen atoms in total. The molecule has 0 heterocycles. The van der Waals surface area contributed by atoms with Crippen LogP contribution in [0.5, 0.6) is 5.75 Å². The molecule has 0 bridgehead atoms. The van der Waals surface area contributed by atoms with E-state index in [9.17, 15) is 9.18 Å². The number of carboxylic acid groups (broad SMARTS) is 1. The number of rotatable bonds is 4. The molecule has 0 radical (unpaired) electrons. The van der Waals surface area contributed by atoms with Gasteiger partial charge in [-0.3, -0.25) is 0 Å². The van der Waals surface area contributed by atoms with Crippen LogP contribution >= 0.6 is 15.9 Å². The molecule has 5 heteroatoms. The summed E-state index contributed by atoms with van der Waals surface area (Å²) in [6.07, 6.45) is 0. The van der Waals surface area contributed by atoms with E-state index in [1.165, 1.54) is 6.07 Å². The van der Waals surface area contributed by atoms with Crippen LogP contribution in [-0.4, -0.2) is 17.7 Å². The molecule has 0 saturated carbocycles. The van der Waals surface area contributed by atoms with Gasteiger partial charge in [0.1, 0.15) is 17.1 Å². The summed E-state index contributed by atoms with van der Waals surface area (Å²) >= 11 is 3.09. The first kappa shape index (κ1) is 13.0. The molecule has 0 aliphatic heterocycles. The summed E-state index contributed by atoms with van der Waals surface area (Å²) in [6, 6.07) is 2.13. The monoisotopic (exact) mass is 290 g/mol. The normalized spacial score (nSPS) is 10.6. The van der Waals surface area contributed by atoms with Gasteiger partial charge in [0.25, 0.3) is 0 Å². The summed E-state index contributed by atoms with van der Waals surface area (Å²) in [5.41, 5.74) is -0.174. The highest BCUT2D eigenvalue weighted by atomic mass is 79.9. The molecule has 0 aromatic heterocycles. The zero-order chi connectivity index (χ0) is 12.3. The Kier molecular flexibility index (Phi) is 4.29. The van der Waals surface area contributed by atoms with E-state index in [1.54, 1.807) is 0 Å². The fourth-order valence-electron chi connectivity index (χ4n) is 1.12. The maximum absolute atomic E-state index is 13.0. The summed E-state index contributed by atoms with van der Waals surface area (Å²) in [4.78, 5) is 10.9. The van der Waals surface area contributed by atoms with Crippen molar-refractivity contribution in [1.29, 1.82) is 0 Å². The minimum atomic E-state index is -1.21. The van der Waals surface area contributed by atoms with E-state index in [2.05, 4.69) is 15.9 Å². The third-order valence-electron chi connectivity index (χ3n) is 1.80. The minimum absolute atomic E-state index is 0.169. The first-order chi connectivity index (χ1) is 7.41. The Bertz CT molecular complexity index is 404. The van der Waals surface area contributed by atoms with Crippen LogP contribution in [0.1, 0.15) is 24.2 Å². The third kappa shape index (κ3) is 3.20. The highest BCUT2D eigenvalue weighted by molar-refractivity contribution is 9.10. The van der Waals surface area contributed by atoms with Crippen LogP contribution in [0.3, 0.4) is 0 Å². The second-order valence-electron chi connectivity index (χ2n) is 3.77. The molecule has 1 N–H and O–H groups in total. The molecule has 1 aromatic carbocycles. The average molecular weight is 291 g/mol. The molecule has 0 aliphatic rings. The Balaban J connectivity index is 3.09. The van der Waals surface area contributed by atoms with Crippen molar-refractivity contribution in [1.82, 2.24) is 0 Å². The van der Waals surface area contributed by atoms with Gasteiger partial charge in [0.05, 0.1) is 11.1 Å². The van der Waals surface area contributed by atoms with Crippen LogP contribution in [0.4, 0.5) is 4.39 Å². The number of aromatic carboxylic acids is 1. The summed E-state index contributed by atoms with van der Waals surface area (Å²) in [5.74, 6) is -1.39. The molecule has 1 rings (SSSR count). The van der Waals surface area contributed by atoms with Gasteiger partial charge in [-0.15, -0.1) is 0 Å². The van der Waals surface area contributed by atoms with E-state index >= 15 is 0 Å². The van der Waals surface area contributed by atoms with Gasteiger partial charge in [-0.2, -0.15) is 0 Å². The van der Waals surface area contributed by atoms with Crippen molar-refractivity contribution in [2.45, 2.75) is 13.8 Å². The Hall–Kier alpha value is -1.10. The Labute approximate surface area is 101 Å². The minimum Gasteiger partial charge on any atom is -0.491 e. The highest BCUT2D eigenvalue weighted by Crippen LogP contribution is 2.30. The predicted octanol–water partition coefficient (Wildman–Crippen LogP) is 3.32. The number of benzene rings is 1. The summed E-state index contributed by atoms with van der Waals surface area (Å²) in [5, 5.41) is 8.91. The van der Waals surface area contributed by atoms with E-state index in [-0.39, 0.29) is 17.2 Å². The number of carboxylic acids is 1. The number of carbonyl (C=O) groups is 1. The Morgan fingerprint density at radius 3 is 2.69 bits per heavy atom. The van der Waals surface area contributed by atoms with Crippen molar-refractivity contribution in [3.8, 4) is 5.75 Å². The SMILES string of the molecule is CC(C)COc1c(Br)cc(F)cc1C(=O)O. The Morgan fingerprint density at radius 2 is 2.19 bits per heavy atom. The van der Waals surface area contributed by atoms with E-state index in [1.807, 2.05) is 13.8 Å². The lowest BCUT2D eigenvalue weighted by Crippen LogP contribution is -2.09. The maximum atomic E-state index is 13.0. The standard InChI is InChI=1S/C11H12BrFO3/c1-6(2)5-16-10-8(11(14)15)3-7(13)4-9(10)12/h3-4,6H,5H2,1-2H3,(H,14,15). The van der Waals surface area contributed by atoms with Crippen molar-refractivity contribution in [3.05, 3.63) is 28.0 Å². The van der Waals surface area contributed by atoms with Crippen LogP contribution in [0.2, 0.25) is 0 Å². The zero-order valence-corrected chi connectivity index (χ0v) is 10.5. The largest absolute Gasteiger partial charge is 0.491 e. The van der Waals surface area contributed by atoms with Crippen molar-refractivity contribution >= 4 is 21.9 Å². The molecule has 0 atom stereocenters. The van der Waals surface area contributed by atoms with Crippen LogP contribution in [-0.2, 0) is 0 Å². The smallest absolute Gasteiger partial charge is 0.339 e. The van der Waals surface area contributed by atoms with Gasteiger partial charge in [0.15, 0.2) is 0 Å². The molecule has 16 heavy (non-hydrogen) atoms. The van der Waals surface area contributed by atoms with Gasteiger partial charge < -0.3 is 9.84 Å². The van der Waals surface area contributed by atoms with Gasteiger partial charge in [0, 0.05) is 0 Å². The molecule has 0 unspecified atom stereocenters. The zero-order valence-electron chi connectivity index (χ0n) is 8.96. The fourth-order valence-corrected chi connectivity index (χ4v) is 1.66. The van der Waals surface area contributed by atoms with Crippen molar-refractivity contribution in [2.24, 2.45) is 5.92 Å². The van der Waals surface area contributed by atoms with Gasteiger partial charge in [-0.05, 0) is 34.0 Å². The average Bonchev–Trinajstić information content (AvgIpc) is 2.14. The lowest BCUT2D eigenvalue weighted by atomic mass is 10.2. The molecule has 0 fully saturated rings. The van der Waals surface area contributed by atoms with Crippen LogP contribution in [0.15, 0.2) is 16.6 Å². The van der Waals surface area contributed by atoms with E-state index in [0.717, 1.165) is 6.07 Å². The molecular weight excluding hydrogens is 279 g/mol. The van der Waals surface area contributed by atoms with Crippen molar-refractivity contribution in [2.75, 3.05) is 6.61 Å². The van der Waals surface area contributed by atoms with Crippen molar-refractivity contribution in [3.63, 3.8) is 0 Å². The second kappa shape index (κ2) is 5.30. The summed E-state index contributed by atoms with van der Waals surface area (Å²) in [6.45, 7) is 4.26. The van der Waals surface area contributed by atoms with Gasteiger partial charge >= 0.3 is 5.97 Å². The van der Waals surface area contributed by atoms with Crippen LogP contribution in [0, 0.1) is 11.7 Å². The summed E-state index contributed by atoms with van der Waals surface area (Å²) < 4.78 is 18.7. The van der Waals surface area contributed by atoms with E-state index in [0.29, 0.717) is 11.1 Å². The van der Waals surface area contributed by atoms with Crippen LogP contribution in [0.25, 0.3) is 0 Å². The van der Waals surface area contributed by atoms with Gasteiger partial charge in [-0.1, -0.05) is 13.8 Å². The third-order valence-corrected chi connectivity index (χ3v) is 2.39. The molecule has 0 aliphatic carbocycles. The number of hydrogen-bond acceptors (Lipinski definition) is 2. The lowest BCUT2D eigenvalue weighted by molar-refractivity contribution is 0.0690. The van der Waals surface area contributed by atoms with Crippen LogP contribution < -0.4 is 4.74 Å². The molecular formula is C11H12BrFO3. The van der Waals surface area contributed by atoms with Gasteiger partial charge in [0.2, 0.25) is 0 Å². The fraction of sp³-hybridized carbons (Fsp3) is 0.364. The molecule has 1 aromatic rings. The van der Waals surface area contributed by atoms with Crippen molar-refractivity contribution < 1.29 is 19.0 Å². The quantitative estimate of drug-likeness (QED) is 0.925. The first-order valence-corrected chi connectivity index (χ1v) is 5.56. The topological polar surface area (TPSA) is 46.5 Å². The first-order valence-electron chi connectivity index (χ1n) is 4.77. The van der Waals surface area contributed by atoms with E-state index in [4.69, 9.17) is 9.84 Å². The van der Waals surface area contributed by atoms with E-state index < -0.39 is 11.8 Å². The Morgan fingerprint density at radius 1 is 1.56 bits per heavy atom. The second-order valence-corrected chi connectivity index (χ2v) is 4.63. The molecule has 0 spiro atoms. The predicted molar refractivity (Wildman–Crippen MR) is 61.4 cm³/mol. The lowest BCUT2D eigenvalue weighted by Gasteiger charge is -2.12. The number of hydrogen-bond donors (Lipinski definition) is 1. The molecule has 0 amide bonds. The highest BCUT2D eigenvalue weighted by Gasteiger charge is 2.17. The maximum Gasteiger partial charge on any atom is 0.339 e.